The summed E-state index contributed by atoms with van der Waals surface area (Å²) in [6, 6.07) is 6.01. The van der Waals surface area contributed by atoms with Crippen molar-refractivity contribution in [2.45, 2.75) is 18.6 Å². The van der Waals surface area contributed by atoms with E-state index in [0.29, 0.717) is 11.3 Å². The van der Waals surface area contributed by atoms with Crippen molar-refractivity contribution >= 4 is 23.2 Å². The number of carbonyl (C=O) groups is 1. The average molecular weight is 268 g/mol. The Balaban J connectivity index is 2.33. The van der Waals surface area contributed by atoms with E-state index in [0.717, 1.165) is 0 Å². The van der Waals surface area contributed by atoms with Crippen LogP contribution in [0.15, 0.2) is 18.2 Å². The minimum absolute atomic E-state index is 0.0902. The van der Waals surface area contributed by atoms with Crippen molar-refractivity contribution in [2.24, 2.45) is 5.73 Å². The lowest BCUT2D eigenvalue weighted by molar-refractivity contribution is -0.119. The molecule has 94 valence electrons. The highest BCUT2D eigenvalue weighted by atomic mass is 35.5. The molecule has 0 bridgehead atoms. The number of hydrogen-bond donors (Lipinski definition) is 1. The Bertz CT molecular complexity index is 529. The maximum Gasteiger partial charge on any atom is 0.240 e. The Morgan fingerprint density at radius 3 is 2.89 bits per heavy atom. The van der Waals surface area contributed by atoms with Crippen LogP contribution in [0.2, 0.25) is 5.02 Å². The highest BCUT2D eigenvalue weighted by molar-refractivity contribution is 6.32. The third kappa shape index (κ3) is 2.24. The molecule has 2 atom stereocenters. The van der Waals surface area contributed by atoms with Gasteiger partial charge in [-0.25, -0.2) is 4.39 Å². The van der Waals surface area contributed by atoms with Crippen molar-refractivity contribution in [1.29, 1.82) is 5.26 Å². The first kappa shape index (κ1) is 12.7. The highest BCUT2D eigenvalue weighted by Crippen LogP contribution is 2.30. The number of nitrogens with two attached hydrogens (primary N) is 1. The number of nitriles is 1. The molecule has 1 heterocycles. The summed E-state index contributed by atoms with van der Waals surface area (Å²) in [4.78, 5) is 12.9. The molecule has 0 spiro atoms. The van der Waals surface area contributed by atoms with E-state index in [4.69, 9.17) is 22.6 Å². The van der Waals surface area contributed by atoms with Gasteiger partial charge in [0.05, 0.1) is 17.1 Å². The predicted molar refractivity (Wildman–Crippen MR) is 66.0 cm³/mol. The maximum absolute atomic E-state index is 13.4. The normalized spacial score (nSPS) is 22.8. The minimum Gasteiger partial charge on any atom is -0.368 e. The molecule has 1 aliphatic heterocycles. The number of rotatable bonds is 2. The van der Waals surface area contributed by atoms with Crippen LogP contribution in [0.4, 0.5) is 10.1 Å². The van der Waals surface area contributed by atoms with Gasteiger partial charge in [-0.2, -0.15) is 5.26 Å². The SMILES string of the molecule is N#Cc1ccc(N2C[C@H](F)C[C@H]2C(N)=O)cc1Cl. The van der Waals surface area contributed by atoms with Gasteiger partial charge in [-0.15, -0.1) is 0 Å². The molecule has 2 N–H and O–H groups in total. The third-order valence-electron chi connectivity index (χ3n) is 2.98. The second-order valence-corrected chi connectivity index (χ2v) is 4.59. The van der Waals surface area contributed by atoms with Crippen molar-refractivity contribution in [1.82, 2.24) is 0 Å². The van der Waals surface area contributed by atoms with Crippen LogP contribution < -0.4 is 10.6 Å². The average Bonchev–Trinajstić information content (AvgIpc) is 2.71. The number of alkyl halides is 1. The van der Waals surface area contributed by atoms with Gasteiger partial charge in [0.1, 0.15) is 18.3 Å². The molecule has 1 aliphatic rings. The van der Waals surface area contributed by atoms with Gasteiger partial charge < -0.3 is 10.6 Å². The van der Waals surface area contributed by atoms with Crippen LogP contribution in [-0.2, 0) is 4.79 Å². The van der Waals surface area contributed by atoms with Crippen molar-refractivity contribution < 1.29 is 9.18 Å². The summed E-state index contributed by atoms with van der Waals surface area (Å²) < 4.78 is 13.4. The van der Waals surface area contributed by atoms with Crippen LogP contribution in [0, 0.1) is 11.3 Å². The lowest BCUT2D eigenvalue weighted by Gasteiger charge is -2.24. The quantitative estimate of drug-likeness (QED) is 0.885. The fourth-order valence-corrected chi connectivity index (χ4v) is 2.33. The van der Waals surface area contributed by atoms with E-state index in [1.54, 1.807) is 23.1 Å². The molecule has 6 heteroatoms. The van der Waals surface area contributed by atoms with Crippen molar-refractivity contribution in [2.75, 3.05) is 11.4 Å². The Morgan fingerprint density at radius 1 is 1.61 bits per heavy atom. The monoisotopic (exact) mass is 267 g/mol. The van der Waals surface area contributed by atoms with Gasteiger partial charge in [-0.3, -0.25) is 4.79 Å². The number of primary amides is 1. The summed E-state index contributed by atoms with van der Waals surface area (Å²) in [5, 5.41) is 9.05. The number of nitrogens with zero attached hydrogens (tertiary/aromatic N) is 2. The summed E-state index contributed by atoms with van der Waals surface area (Å²) in [5.41, 5.74) is 6.19. The van der Waals surface area contributed by atoms with E-state index in [1.165, 1.54) is 0 Å². The maximum atomic E-state index is 13.4. The third-order valence-corrected chi connectivity index (χ3v) is 3.30. The van der Waals surface area contributed by atoms with Crippen LogP contribution >= 0.6 is 11.6 Å². The lowest BCUT2D eigenvalue weighted by Crippen LogP contribution is -2.40. The highest BCUT2D eigenvalue weighted by Gasteiger charge is 2.36. The number of carbonyl (C=O) groups excluding carboxylic acids is 1. The molecule has 0 radical (unpaired) electrons. The summed E-state index contributed by atoms with van der Waals surface area (Å²) >= 11 is 5.91. The second-order valence-electron chi connectivity index (χ2n) is 4.18. The predicted octanol–water partition coefficient (Wildman–Crippen LogP) is 1.61. The summed E-state index contributed by atoms with van der Waals surface area (Å²) in [7, 11) is 0. The molecular weight excluding hydrogens is 257 g/mol. The van der Waals surface area contributed by atoms with Gasteiger partial charge in [-0.05, 0) is 18.2 Å². The number of benzene rings is 1. The number of hydrogen-bond acceptors (Lipinski definition) is 3. The van der Waals surface area contributed by atoms with E-state index < -0.39 is 18.1 Å². The molecule has 1 fully saturated rings. The zero-order valence-corrected chi connectivity index (χ0v) is 10.2. The van der Waals surface area contributed by atoms with Gasteiger partial charge in [0.2, 0.25) is 5.91 Å². The largest absolute Gasteiger partial charge is 0.368 e. The van der Waals surface area contributed by atoms with Gasteiger partial charge in [-0.1, -0.05) is 11.6 Å². The van der Waals surface area contributed by atoms with Crippen molar-refractivity contribution in [3.8, 4) is 6.07 Å². The molecule has 2 rings (SSSR count). The van der Waals surface area contributed by atoms with Gasteiger partial charge in [0, 0.05) is 12.1 Å². The van der Waals surface area contributed by atoms with Crippen LogP contribution in [-0.4, -0.2) is 24.7 Å². The fourth-order valence-electron chi connectivity index (χ4n) is 2.11. The standard InChI is InChI=1S/C12H11ClFN3O/c13-10-4-9(2-1-7(10)5-15)17-6-8(14)3-11(17)12(16)18/h1-2,4,8,11H,3,6H2,(H2,16,18)/t8-,11+/m1/s1. The summed E-state index contributed by atoms with van der Waals surface area (Å²) in [6.07, 6.45) is -0.996. The molecule has 1 aromatic carbocycles. The van der Waals surface area contributed by atoms with Crippen molar-refractivity contribution in [3.63, 3.8) is 0 Å². The van der Waals surface area contributed by atoms with Crippen molar-refractivity contribution in [3.05, 3.63) is 28.8 Å². The summed E-state index contributed by atoms with van der Waals surface area (Å²) in [5.74, 6) is -0.560. The Kier molecular flexibility index (Phi) is 3.39. The van der Waals surface area contributed by atoms with Gasteiger partial charge in [0.25, 0.3) is 0 Å². The molecule has 0 saturated carbocycles. The zero-order valence-electron chi connectivity index (χ0n) is 9.44. The number of anilines is 1. The van der Waals surface area contributed by atoms with E-state index in [1.807, 2.05) is 6.07 Å². The van der Waals surface area contributed by atoms with Gasteiger partial charge in [0.15, 0.2) is 0 Å². The Morgan fingerprint density at radius 2 is 2.33 bits per heavy atom. The van der Waals surface area contributed by atoms with E-state index in [9.17, 15) is 9.18 Å². The molecule has 1 saturated heterocycles. The first-order valence-electron chi connectivity index (χ1n) is 5.42. The minimum atomic E-state index is -1.09. The van der Waals surface area contributed by atoms with Crippen LogP contribution in [0.5, 0.6) is 0 Å². The zero-order chi connectivity index (χ0) is 13.3. The van der Waals surface area contributed by atoms with E-state index in [-0.39, 0.29) is 18.0 Å². The molecule has 18 heavy (non-hydrogen) atoms. The molecule has 0 unspecified atom stereocenters. The molecule has 0 aliphatic carbocycles. The van der Waals surface area contributed by atoms with Crippen LogP contribution in [0.3, 0.4) is 0 Å². The molecule has 0 aromatic heterocycles. The lowest BCUT2D eigenvalue weighted by atomic mass is 10.1. The van der Waals surface area contributed by atoms with E-state index in [2.05, 4.69) is 0 Å². The second kappa shape index (κ2) is 4.83. The van der Waals surface area contributed by atoms with Crippen LogP contribution in [0.25, 0.3) is 0 Å². The molecular formula is C12H11ClFN3O. The fraction of sp³-hybridized carbons (Fsp3) is 0.333. The molecule has 4 nitrogen and oxygen atoms in total. The smallest absolute Gasteiger partial charge is 0.240 e. The van der Waals surface area contributed by atoms with E-state index >= 15 is 0 Å². The topological polar surface area (TPSA) is 70.1 Å². The first-order valence-corrected chi connectivity index (χ1v) is 5.80. The first-order chi connectivity index (χ1) is 8.52. The molecule has 1 aromatic rings. The number of halogens is 2. The Hall–Kier alpha value is -1.80. The Labute approximate surface area is 109 Å². The number of amides is 1. The molecule has 1 amide bonds. The van der Waals surface area contributed by atoms with Crippen LogP contribution in [0.1, 0.15) is 12.0 Å². The van der Waals surface area contributed by atoms with Gasteiger partial charge >= 0.3 is 0 Å². The summed E-state index contributed by atoms with van der Waals surface area (Å²) in [6.45, 7) is 0.107.